The highest BCUT2D eigenvalue weighted by Gasteiger charge is 2.27. The summed E-state index contributed by atoms with van der Waals surface area (Å²) in [7, 11) is 1.68. The van der Waals surface area contributed by atoms with Crippen LogP contribution in [0, 0.1) is 0 Å². The van der Waals surface area contributed by atoms with Crippen LogP contribution < -0.4 is 16.5 Å². The van der Waals surface area contributed by atoms with Crippen molar-refractivity contribution in [1.29, 1.82) is 0 Å². The number of hydrogen-bond acceptors (Lipinski definition) is 4. The summed E-state index contributed by atoms with van der Waals surface area (Å²) < 4.78 is 0. The Balaban J connectivity index is 2.15. The molecule has 1 fully saturated rings. The van der Waals surface area contributed by atoms with Crippen molar-refractivity contribution in [3.05, 3.63) is 0 Å². The van der Waals surface area contributed by atoms with Crippen molar-refractivity contribution in [2.45, 2.75) is 51.1 Å². The predicted octanol–water partition coefficient (Wildman–Crippen LogP) is 0.219. The number of hydrogen-bond donors (Lipinski definition) is 3. The molecule has 0 spiro atoms. The van der Waals surface area contributed by atoms with Crippen molar-refractivity contribution < 1.29 is 4.79 Å². The molecule has 2 atom stereocenters. The van der Waals surface area contributed by atoms with E-state index in [0.29, 0.717) is 6.04 Å². The van der Waals surface area contributed by atoms with Crippen LogP contribution in [0.3, 0.4) is 0 Å². The second-order valence-electron chi connectivity index (χ2n) is 4.79. The fourth-order valence-corrected chi connectivity index (χ4v) is 2.22. The Morgan fingerprint density at radius 1 is 1.47 bits per heavy atom. The molecule has 4 N–H and O–H groups in total. The van der Waals surface area contributed by atoms with Crippen LogP contribution in [-0.2, 0) is 4.79 Å². The Bertz CT molecular complexity index is 235. The van der Waals surface area contributed by atoms with Crippen LogP contribution in [0.2, 0.25) is 0 Å². The van der Waals surface area contributed by atoms with Crippen LogP contribution in [0.1, 0.15) is 39.0 Å². The first kappa shape index (κ1) is 14.4. The molecular weight excluding hydrogens is 216 g/mol. The number of carbonyl (C=O) groups is 1. The standard InChI is InChI=1S/C12H26N4O/c1-3-4-8-16(13)9-7-10-5-6-11(15-10)12(17)14-2/h10-11,15H,3-9,13H2,1-2H3,(H,14,17). The summed E-state index contributed by atoms with van der Waals surface area (Å²) in [6.45, 7) is 4.03. The molecule has 0 aromatic heterocycles. The number of likely N-dealkylation sites (N-methyl/N-ethyl adjacent to an activating group) is 1. The average molecular weight is 242 g/mol. The molecule has 17 heavy (non-hydrogen) atoms. The minimum atomic E-state index is -0.00753. The summed E-state index contributed by atoms with van der Waals surface area (Å²) in [5, 5.41) is 7.93. The van der Waals surface area contributed by atoms with Gasteiger partial charge in [0, 0.05) is 26.2 Å². The fourth-order valence-electron chi connectivity index (χ4n) is 2.22. The number of nitrogens with zero attached hydrogens (tertiary/aromatic N) is 1. The average Bonchev–Trinajstić information content (AvgIpc) is 2.81. The molecule has 0 saturated carbocycles. The van der Waals surface area contributed by atoms with E-state index in [2.05, 4.69) is 17.6 Å². The normalized spacial score (nSPS) is 24.2. The quantitative estimate of drug-likeness (QED) is 0.441. The van der Waals surface area contributed by atoms with Gasteiger partial charge in [-0.15, -0.1) is 0 Å². The lowest BCUT2D eigenvalue weighted by Crippen LogP contribution is -2.42. The van der Waals surface area contributed by atoms with Gasteiger partial charge < -0.3 is 10.6 Å². The number of unbranched alkanes of at least 4 members (excludes halogenated alkanes) is 1. The Morgan fingerprint density at radius 3 is 2.88 bits per heavy atom. The first-order valence-electron chi connectivity index (χ1n) is 6.64. The highest BCUT2D eigenvalue weighted by Crippen LogP contribution is 2.15. The topological polar surface area (TPSA) is 70.4 Å². The first-order chi connectivity index (χ1) is 8.17. The Kier molecular flexibility index (Phi) is 6.47. The third-order valence-electron chi connectivity index (χ3n) is 3.37. The van der Waals surface area contributed by atoms with Gasteiger partial charge in [-0.3, -0.25) is 10.6 Å². The predicted molar refractivity (Wildman–Crippen MR) is 69.3 cm³/mol. The molecule has 0 bridgehead atoms. The second-order valence-corrected chi connectivity index (χ2v) is 4.79. The number of nitrogens with two attached hydrogens (primary N) is 1. The summed E-state index contributed by atoms with van der Waals surface area (Å²) >= 11 is 0. The number of nitrogens with one attached hydrogen (secondary N) is 2. The minimum Gasteiger partial charge on any atom is -0.358 e. The molecule has 1 saturated heterocycles. The van der Waals surface area contributed by atoms with E-state index in [1.165, 1.54) is 6.42 Å². The van der Waals surface area contributed by atoms with Gasteiger partial charge in [0.25, 0.3) is 0 Å². The van der Waals surface area contributed by atoms with Crippen LogP contribution >= 0.6 is 0 Å². The second kappa shape index (κ2) is 7.63. The van der Waals surface area contributed by atoms with Crippen LogP contribution in [0.5, 0.6) is 0 Å². The number of hydrazine groups is 1. The molecular formula is C12H26N4O. The number of carbonyl (C=O) groups excluding carboxylic acids is 1. The summed E-state index contributed by atoms with van der Waals surface area (Å²) in [5.74, 6) is 5.98. The van der Waals surface area contributed by atoms with Crippen LogP contribution in [0.25, 0.3) is 0 Å². The molecule has 1 heterocycles. The molecule has 5 heteroatoms. The molecule has 0 aromatic rings. The lowest BCUT2D eigenvalue weighted by atomic mass is 10.1. The number of rotatable bonds is 7. The van der Waals surface area contributed by atoms with E-state index in [9.17, 15) is 4.79 Å². The Labute approximate surface area is 104 Å². The van der Waals surface area contributed by atoms with Gasteiger partial charge in [-0.25, -0.2) is 5.01 Å². The molecule has 1 aliphatic rings. The van der Waals surface area contributed by atoms with E-state index in [0.717, 1.165) is 38.8 Å². The first-order valence-corrected chi connectivity index (χ1v) is 6.64. The zero-order chi connectivity index (χ0) is 12.7. The highest BCUT2D eigenvalue weighted by molar-refractivity contribution is 5.81. The monoisotopic (exact) mass is 242 g/mol. The van der Waals surface area contributed by atoms with Crippen molar-refractivity contribution in [1.82, 2.24) is 15.6 Å². The van der Waals surface area contributed by atoms with Gasteiger partial charge in [0.1, 0.15) is 0 Å². The third kappa shape index (κ3) is 5.02. The van der Waals surface area contributed by atoms with E-state index < -0.39 is 0 Å². The maximum absolute atomic E-state index is 11.4. The lowest BCUT2D eigenvalue weighted by molar-refractivity contribution is -0.122. The van der Waals surface area contributed by atoms with E-state index in [1.54, 1.807) is 7.05 Å². The van der Waals surface area contributed by atoms with Gasteiger partial charge in [-0.05, 0) is 25.7 Å². The zero-order valence-electron chi connectivity index (χ0n) is 11.0. The third-order valence-corrected chi connectivity index (χ3v) is 3.37. The summed E-state index contributed by atoms with van der Waals surface area (Å²) in [5.41, 5.74) is 0. The molecule has 1 rings (SSSR count). The largest absolute Gasteiger partial charge is 0.358 e. The van der Waals surface area contributed by atoms with Crippen molar-refractivity contribution in [2.75, 3.05) is 20.1 Å². The van der Waals surface area contributed by atoms with Gasteiger partial charge in [0.05, 0.1) is 6.04 Å². The minimum absolute atomic E-state index is 0.00753. The molecule has 0 aromatic carbocycles. The van der Waals surface area contributed by atoms with E-state index in [-0.39, 0.29) is 11.9 Å². The van der Waals surface area contributed by atoms with Gasteiger partial charge >= 0.3 is 0 Å². The van der Waals surface area contributed by atoms with Crippen molar-refractivity contribution >= 4 is 5.91 Å². The molecule has 1 aliphatic heterocycles. The summed E-state index contributed by atoms with van der Waals surface area (Å²) in [6, 6.07) is 0.428. The SMILES string of the molecule is CCCCN(N)CCC1CCC(C(=O)NC)N1. The van der Waals surface area contributed by atoms with Crippen molar-refractivity contribution in [3.8, 4) is 0 Å². The lowest BCUT2D eigenvalue weighted by Gasteiger charge is -2.19. The van der Waals surface area contributed by atoms with E-state index >= 15 is 0 Å². The zero-order valence-corrected chi connectivity index (χ0v) is 11.0. The molecule has 5 nitrogen and oxygen atoms in total. The van der Waals surface area contributed by atoms with E-state index in [4.69, 9.17) is 5.84 Å². The van der Waals surface area contributed by atoms with Crippen LogP contribution in [-0.4, -0.2) is 43.1 Å². The molecule has 0 aliphatic carbocycles. The Morgan fingerprint density at radius 2 is 2.24 bits per heavy atom. The summed E-state index contributed by atoms with van der Waals surface area (Å²) in [6.07, 6.45) is 5.35. The van der Waals surface area contributed by atoms with Gasteiger partial charge in [0.2, 0.25) is 5.91 Å². The molecule has 100 valence electrons. The van der Waals surface area contributed by atoms with Crippen molar-refractivity contribution in [3.63, 3.8) is 0 Å². The van der Waals surface area contributed by atoms with Crippen LogP contribution in [0.15, 0.2) is 0 Å². The van der Waals surface area contributed by atoms with Crippen molar-refractivity contribution in [2.24, 2.45) is 5.84 Å². The molecule has 2 unspecified atom stereocenters. The van der Waals surface area contributed by atoms with Gasteiger partial charge in [-0.2, -0.15) is 0 Å². The smallest absolute Gasteiger partial charge is 0.236 e. The highest BCUT2D eigenvalue weighted by atomic mass is 16.2. The van der Waals surface area contributed by atoms with E-state index in [1.807, 2.05) is 5.01 Å². The Hall–Kier alpha value is -0.650. The maximum Gasteiger partial charge on any atom is 0.236 e. The fraction of sp³-hybridized carbons (Fsp3) is 0.917. The van der Waals surface area contributed by atoms with Gasteiger partial charge in [0.15, 0.2) is 0 Å². The maximum atomic E-state index is 11.4. The molecule has 0 radical (unpaired) electrons. The molecule has 1 amide bonds. The van der Waals surface area contributed by atoms with Crippen LogP contribution in [0.4, 0.5) is 0 Å². The number of amides is 1. The van der Waals surface area contributed by atoms with Gasteiger partial charge in [-0.1, -0.05) is 13.3 Å². The summed E-state index contributed by atoms with van der Waals surface area (Å²) in [4.78, 5) is 11.4.